The highest BCUT2D eigenvalue weighted by atomic mass is 79.9. The van der Waals surface area contributed by atoms with Crippen LogP contribution in [-0.2, 0) is 0 Å². The van der Waals surface area contributed by atoms with Gasteiger partial charge in [0.15, 0.2) is 0 Å². The Balaban J connectivity index is 2.31. The number of carbonyl (C=O) groups excluding carboxylic acids is 1. The summed E-state index contributed by atoms with van der Waals surface area (Å²) in [7, 11) is 0. The normalized spacial score (nSPS) is 10.1. The van der Waals surface area contributed by atoms with Gasteiger partial charge in [-0.2, -0.15) is 0 Å². The van der Waals surface area contributed by atoms with Crippen LogP contribution in [0.2, 0.25) is 0 Å². The van der Waals surface area contributed by atoms with Crippen LogP contribution in [-0.4, -0.2) is 10.9 Å². The number of hydrogen-bond acceptors (Lipinski definition) is 4. The van der Waals surface area contributed by atoms with Crippen LogP contribution in [0, 0.1) is 5.82 Å². The quantitative estimate of drug-likeness (QED) is 0.598. The lowest BCUT2D eigenvalue weighted by Gasteiger charge is -2.10. The maximum Gasteiger partial charge on any atom is 0.259 e. The fourth-order valence-electron chi connectivity index (χ4n) is 1.50. The molecular formula is C12H10BrFN4O. The van der Waals surface area contributed by atoms with Crippen molar-refractivity contribution in [3.8, 4) is 0 Å². The van der Waals surface area contributed by atoms with Crippen molar-refractivity contribution in [2.45, 2.75) is 0 Å². The molecule has 1 amide bonds. The zero-order valence-corrected chi connectivity index (χ0v) is 11.2. The van der Waals surface area contributed by atoms with E-state index in [-0.39, 0.29) is 11.3 Å². The van der Waals surface area contributed by atoms with Gasteiger partial charge in [-0.1, -0.05) is 6.07 Å². The third-order valence-electron chi connectivity index (χ3n) is 2.42. The molecule has 1 aromatic carbocycles. The summed E-state index contributed by atoms with van der Waals surface area (Å²) < 4.78 is 14.1. The highest BCUT2D eigenvalue weighted by molar-refractivity contribution is 9.10. The number of carbonyl (C=O) groups is 1. The summed E-state index contributed by atoms with van der Waals surface area (Å²) in [5.41, 5.74) is 3.08. The summed E-state index contributed by atoms with van der Waals surface area (Å²) in [4.78, 5) is 15.9. The molecule has 19 heavy (non-hydrogen) atoms. The summed E-state index contributed by atoms with van der Waals surface area (Å²) in [6, 6.07) is 5.97. The summed E-state index contributed by atoms with van der Waals surface area (Å²) in [6.45, 7) is 0. The number of amides is 1. The van der Waals surface area contributed by atoms with Gasteiger partial charge in [0.1, 0.15) is 5.82 Å². The van der Waals surface area contributed by atoms with Crippen molar-refractivity contribution in [3.05, 3.63) is 52.5 Å². The minimum absolute atomic E-state index is 0.0688. The van der Waals surface area contributed by atoms with Crippen molar-refractivity contribution >= 4 is 33.2 Å². The van der Waals surface area contributed by atoms with Crippen molar-refractivity contribution in [1.82, 2.24) is 4.98 Å². The summed E-state index contributed by atoms with van der Waals surface area (Å²) >= 11 is 3.17. The molecule has 0 atom stereocenters. The van der Waals surface area contributed by atoms with Crippen LogP contribution in [0.4, 0.5) is 15.8 Å². The molecule has 98 valence electrons. The number of aromatic nitrogens is 1. The predicted octanol–water partition coefficient (Wildman–Crippen LogP) is 2.52. The van der Waals surface area contributed by atoms with Crippen molar-refractivity contribution in [2.24, 2.45) is 5.84 Å². The van der Waals surface area contributed by atoms with E-state index in [9.17, 15) is 9.18 Å². The molecule has 4 N–H and O–H groups in total. The van der Waals surface area contributed by atoms with E-state index in [0.29, 0.717) is 10.2 Å². The average molecular weight is 325 g/mol. The van der Waals surface area contributed by atoms with Gasteiger partial charge in [-0.3, -0.25) is 15.6 Å². The monoisotopic (exact) mass is 324 g/mol. The fraction of sp³-hybridized carbons (Fsp3) is 0. The molecule has 0 saturated heterocycles. The van der Waals surface area contributed by atoms with E-state index in [1.165, 1.54) is 24.5 Å². The van der Waals surface area contributed by atoms with Crippen LogP contribution >= 0.6 is 15.9 Å². The molecule has 0 spiro atoms. The molecule has 1 heterocycles. The number of halogens is 2. The number of nitrogen functional groups attached to an aromatic ring is 1. The summed E-state index contributed by atoms with van der Waals surface area (Å²) in [6.07, 6.45) is 2.84. The number of hydrazine groups is 1. The van der Waals surface area contributed by atoms with E-state index in [4.69, 9.17) is 5.84 Å². The first-order valence-electron chi connectivity index (χ1n) is 5.29. The first-order valence-corrected chi connectivity index (χ1v) is 6.08. The second-order valence-corrected chi connectivity index (χ2v) is 4.47. The fourth-order valence-corrected chi connectivity index (χ4v) is 1.94. The first kappa shape index (κ1) is 13.4. The van der Waals surface area contributed by atoms with Crippen molar-refractivity contribution in [2.75, 3.05) is 10.7 Å². The lowest BCUT2D eigenvalue weighted by atomic mass is 10.2. The summed E-state index contributed by atoms with van der Waals surface area (Å²) in [5.74, 6) is 4.26. The second-order valence-electron chi connectivity index (χ2n) is 3.62. The number of anilines is 2. The molecule has 1 aromatic heterocycles. The first-order chi connectivity index (χ1) is 9.13. The molecule has 2 rings (SSSR count). The standard InChI is InChI=1S/C12H10BrFN4O/c13-8-2-1-3-9(14)11(8)17-12(19)7-6-16-5-4-10(7)18-15/h1-6H,15H2,(H,16,18)(H,17,19). The highest BCUT2D eigenvalue weighted by Gasteiger charge is 2.15. The van der Waals surface area contributed by atoms with Gasteiger partial charge < -0.3 is 10.7 Å². The van der Waals surface area contributed by atoms with Crippen LogP contribution in [0.5, 0.6) is 0 Å². The number of nitrogens with zero attached hydrogens (tertiary/aromatic N) is 1. The smallest absolute Gasteiger partial charge is 0.259 e. The number of benzene rings is 1. The molecular weight excluding hydrogens is 315 g/mol. The number of rotatable bonds is 3. The lowest BCUT2D eigenvalue weighted by molar-refractivity contribution is 0.102. The van der Waals surface area contributed by atoms with E-state index in [1.807, 2.05) is 0 Å². The number of nitrogens with two attached hydrogens (primary N) is 1. The molecule has 7 heteroatoms. The molecule has 0 unspecified atom stereocenters. The van der Waals surface area contributed by atoms with Crippen molar-refractivity contribution in [1.29, 1.82) is 0 Å². The van der Waals surface area contributed by atoms with Gasteiger partial charge in [-0.15, -0.1) is 0 Å². The predicted molar refractivity (Wildman–Crippen MR) is 74.1 cm³/mol. The van der Waals surface area contributed by atoms with Crippen LogP contribution in [0.25, 0.3) is 0 Å². The topological polar surface area (TPSA) is 80.0 Å². The Morgan fingerprint density at radius 2 is 2.16 bits per heavy atom. The van der Waals surface area contributed by atoms with Crippen LogP contribution in [0.3, 0.4) is 0 Å². The Hall–Kier alpha value is -1.99. The van der Waals surface area contributed by atoms with Crippen molar-refractivity contribution in [3.63, 3.8) is 0 Å². The van der Waals surface area contributed by atoms with Crippen LogP contribution in [0.15, 0.2) is 41.1 Å². The zero-order chi connectivity index (χ0) is 13.8. The van der Waals surface area contributed by atoms with E-state index >= 15 is 0 Å². The largest absolute Gasteiger partial charge is 0.323 e. The Kier molecular flexibility index (Phi) is 4.08. The van der Waals surface area contributed by atoms with E-state index in [1.54, 1.807) is 12.1 Å². The number of para-hydroxylation sites is 1. The second kappa shape index (κ2) is 5.77. The molecule has 0 aliphatic heterocycles. The van der Waals surface area contributed by atoms with Gasteiger partial charge in [-0.25, -0.2) is 4.39 Å². The number of nitrogens with one attached hydrogen (secondary N) is 2. The zero-order valence-electron chi connectivity index (χ0n) is 9.65. The molecule has 0 bridgehead atoms. The molecule has 0 aliphatic rings. The Morgan fingerprint density at radius 1 is 1.37 bits per heavy atom. The number of hydrogen-bond donors (Lipinski definition) is 3. The van der Waals surface area contributed by atoms with E-state index in [0.717, 1.165) is 0 Å². The highest BCUT2D eigenvalue weighted by Crippen LogP contribution is 2.26. The maximum atomic E-state index is 13.6. The van der Waals surface area contributed by atoms with Gasteiger partial charge in [-0.05, 0) is 34.1 Å². The van der Waals surface area contributed by atoms with Gasteiger partial charge in [0.25, 0.3) is 5.91 Å². The molecule has 5 nitrogen and oxygen atoms in total. The van der Waals surface area contributed by atoms with Gasteiger partial charge in [0, 0.05) is 16.9 Å². The molecule has 2 aromatic rings. The van der Waals surface area contributed by atoms with Gasteiger partial charge >= 0.3 is 0 Å². The Morgan fingerprint density at radius 3 is 2.84 bits per heavy atom. The SMILES string of the molecule is NNc1ccncc1C(=O)Nc1c(F)cccc1Br. The third kappa shape index (κ3) is 2.88. The number of pyridine rings is 1. The molecule has 0 saturated carbocycles. The van der Waals surface area contributed by atoms with Gasteiger partial charge in [0.05, 0.1) is 16.9 Å². The van der Waals surface area contributed by atoms with E-state index in [2.05, 4.69) is 31.7 Å². The van der Waals surface area contributed by atoms with E-state index < -0.39 is 11.7 Å². The molecule has 0 radical (unpaired) electrons. The van der Waals surface area contributed by atoms with Crippen LogP contribution < -0.4 is 16.6 Å². The average Bonchev–Trinajstić information content (AvgIpc) is 2.42. The molecule has 0 aliphatic carbocycles. The third-order valence-corrected chi connectivity index (χ3v) is 3.08. The van der Waals surface area contributed by atoms with Crippen LogP contribution in [0.1, 0.15) is 10.4 Å². The Labute approximate surface area is 117 Å². The minimum Gasteiger partial charge on any atom is -0.323 e. The van der Waals surface area contributed by atoms with Gasteiger partial charge in [0.2, 0.25) is 0 Å². The lowest BCUT2D eigenvalue weighted by Crippen LogP contribution is -2.18. The minimum atomic E-state index is -0.533. The Bertz CT molecular complexity index is 600. The van der Waals surface area contributed by atoms with Crippen molar-refractivity contribution < 1.29 is 9.18 Å². The summed E-state index contributed by atoms with van der Waals surface area (Å²) in [5, 5.41) is 2.47. The maximum absolute atomic E-state index is 13.6. The molecule has 0 fully saturated rings.